The summed E-state index contributed by atoms with van der Waals surface area (Å²) in [5.41, 5.74) is 18.1. The third kappa shape index (κ3) is 6.34. The molecule has 9 rings (SSSR count). The lowest BCUT2D eigenvalue weighted by Gasteiger charge is -2.26. The van der Waals surface area contributed by atoms with Gasteiger partial charge < -0.3 is 5.11 Å². The van der Waals surface area contributed by atoms with Crippen LogP contribution in [0.2, 0.25) is 0 Å². The molecule has 4 heteroatoms. The first-order chi connectivity index (χ1) is 27.2. The summed E-state index contributed by atoms with van der Waals surface area (Å²) in [5, 5.41) is 11.1. The molecule has 0 fully saturated rings. The number of rotatable bonds is 5. The number of phenolic OH excluding ortho intramolecular Hbond substituents is 1. The van der Waals surface area contributed by atoms with Crippen LogP contribution < -0.4 is 0 Å². The van der Waals surface area contributed by atoms with Crippen LogP contribution in [-0.2, 0) is 16.2 Å². The fourth-order valence-electron chi connectivity index (χ4n) is 8.48. The number of hydrogen-bond donors (Lipinski definition) is 1. The van der Waals surface area contributed by atoms with Gasteiger partial charge in [-0.15, -0.1) is 0 Å². The minimum atomic E-state index is -0.121. The van der Waals surface area contributed by atoms with Crippen molar-refractivity contribution in [1.29, 1.82) is 0 Å². The van der Waals surface area contributed by atoms with Crippen molar-refractivity contribution in [1.82, 2.24) is 14.4 Å². The lowest BCUT2D eigenvalue weighted by Crippen LogP contribution is -2.16. The second kappa shape index (κ2) is 13.2. The number of aromatic nitrogens is 3. The fourth-order valence-corrected chi connectivity index (χ4v) is 8.48. The lowest BCUT2D eigenvalue weighted by atomic mass is 9.79. The average Bonchev–Trinajstić information content (AvgIpc) is 3.69. The van der Waals surface area contributed by atoms with E-state index in [0.717, 1.165) is 56.2 Å². The first kappa shape index (κ1) is 36.4. The molecule has 0 aliphatic heterocycles. The number of phenols is 1. The van der Waals surface area contributed by atoms with Crippen LogP contribution in [0.1, 0.15) is 77.6 Å². The van der Waals surface area contributed by atoms with Gasteiger partial charge in [0.25, 0.3) is 0 Å². The molecule has 8 aromatic rings. The summed E-state index contributed by atoms with van der Waals surface area (Å²) in [4.78, 5) is 10.5. The molecule has 0 atom stereocenters. The Morgan fingerprint density at radius 1 is 0.491 bits per heavy atom. The van der Waals surface area contributed by atoms with Crippen molar-refractivity contribution >= 4 is 5.65 Å². The molecular formula is C53H49N3O. The van der Waals surface area contributed by atoms with E-state index in [1.807, 2.05) is 24.3 Å². The monoisotopic (exact) mass is 743 g/mol. The molecule has 282 valence electrons. The Morgan fingerprint density at radius 2 is 1.12 bits per heavy atom. The maximum atomic E-state index is 11.1. The number of hydrogen-bond acceptors (Lipinski definition) is 3. The standard InChI is InChI=1S/C53H49N3O/c1-51(2,3)38-27-36(28-39(32-38)52(4,5)6)37-30-45(54-46(31-37)42-19-10-12-21-47(42)57)33-16-15-17-34(26-33)49-50(56-25-14-13-22-48(56)55-49)35-23-24-41-40-18-9-11-20-43(40)53(7,8)44(41)29-35/h9-32,57H,1-8H3. The molecular weight excluding hydrogens is 695 g/mol. The fraction of sp³-hybridized carbons (Fsp3) is 0.208. The summed E-state index contributed by atoms with van der Waals surface area (Å²) in [6, 6.07) is 49.3. The summed E-state index contributed by atoms with van der Waals surface area (Å²) < 4.78 is 2.21. The van der Waals surface area contributed by atoms with Gasteiger partial charge in [-0.3, -0.25) is 4.40 Å². The number of fused-ring (bicyclic) bond motifs is 4. The van der Waals surface area contributed by atoms with Gasteiger partial charge >= 0.3 is 0 Å². The van der Waals surface area contributed by atoms with E-state index >= 15 is 0 Å². The number of imidazole rings is 1. The van der Waals surface area contributed by atoms with E-state index in [2.05, 4.69) is 175 Å². The number of nitrogens with zero attached hydrogens (tertiary/aromatic N) is 3. The van der Waals surface area contributed by atoms with Gasteiger partial charge in [-0.1, -0.05) is 146 Å². The zero-order chi connectivity index (χ0) is 39.9. The predicted molar refractivity (Wildman–Crippen MR) is 237 cm³/mol. The van der Waals surface area contributed by atoms with Gasteiger partial charge in [-0.25, -0.2) is 9.97 Å². The molecule has 57 heavy (non-hydrogen) atoms. The van der Waals surface area contributed by atoms with Crippen LogP contribution in [0.15, 0.2) is 146 Å². The smallest absolute Gasteiger partial charge is 0.137 e. The first-order valence-corrected chi connectivity index (χ1v) is 20.0. The zero-order valence-corrected chi connectivity index (χ0v) is 34.1. The van der Waals surface area contributed by atoms with Crippen molar-refractivity contribution in [2.75, 3.05) is 0 Å². The van der Waals surface area contributed by atoms with Gasteiger partial charge in [-0.2, -0.15) is 0 Å². The Labute approximate surface area is 336 Å². The molecule has 0 amide bonds. The molecule has 0 saturated carbocycles. The molecule has 3 aromatic heterocycles. The molecule has 0 unspecified atom stereocenters. The van der Waals surface area contributed by atoms with Crippen molar-refractivity contribution in [2.24, 2.45) is 0 Å². The predicted octanol–water partition coefficient (Wildman–Crippen LogP) is 13.7. The molecule has 0 bridgehead atoms. The Bertz CT molecular complexity index is 2830. The highest BCUT2D eigenvalue weighted by molar-refractivity contribution is 5.88. The van der Waals surface area contributed by atoms with Crippen molar-refractivity contribution in [3.05, 3.63) is 168 Å². The third-order valence-electron chi connectivity index (χ3n) is 11.8. The minimum absolute atomic E-state index is 0.0366. The SMILES string of the molecule is CC(C)(C)c1cc(-c2cc(-c3cccc(-c4nc5ccccn5c4-c4ccc5c(c4)C(C)(C)c4ccccc4-5)c3)nc(-c3ccccc3O)c2)cc(C(C)(C)C)c1. The van der Waals surface area contributed by atoms with Gasteiger partial charge in [0.15, 0.2) is 0 Å². The second-order valence-corrected chi connectivity index (χ2v) is 18.2. The Kier molecular flexibility index (Phi) is 8.40. The van der Waals surface area contributed by atoms with Crippen LogP contribution in [0.4, 0.5) is 0 Å². The van der Waals surface area contributed by atoms with Crippen molar-refractivity contribution in [2.45, 2.75) is 71.6 Å². The molecule has 4 nitrogen and oxygen atoms in total. The molecule has 1 aliphatic rings. The Morgan fingerprint density at radius 3 is 1.86 bits per heavy atom. The van der Waals surface area contributed by atoms with Crippen LogP contribution in [0.5, 0.6) is 5.75 Å². The maximum absolute atomic E-state index is 11.1. The van der Waals surface area contributed by atoms with Crippen LogP contribution in [0, 0.1) is 0 Å². The summed E-state index contributed by atoms with van der Waals surface area (Å²) in [6.45, 7) is 18.3. The van der Waals surface area contributed by atoms with Crippen LogP contribution >= 0.6 is 0 Å². The van der Waals surface area contributed by atoms with E-state index in [1.54, 1.807) is 6.07 Å². The van der Waals surface area contributed by atoms with Crippen LogP contribution in [0.3, 0.4) is 0 Å². The van der Waals surface area contributed by atoms with Gasteiger partial charge in [0, 0.05) is 33.9 Å². The van der Waals surface area contributed by atoms with Crippen LogP contribution in [-0.4, -0.2) is 19.5 Å². The van der Waals surface area contributed by atoms with Gasteiger partial charge in [0.2, 0.25) is 0 Å². The van der Waals surface area contributed by atoms with Crippen molar-refractivity contribution in [3.63, 3.8) is 0 Å². The quantitative estimate of drug-likeness (QED) is 0.191. The topological polar surface area (TPSA) is 50.4 Å². The highest BCUT2D eigenvalue weighted by Gasteiger charge is 2.35. The normalized spacial score (nSPS) is 13.5. The maximum Gasteiger partial charge on any atom is 0.137 e. The van der Waals surface area contributed by atoms with E-state index in [-0.39, 0.29) is 22.0 Å². The second-order valence-electron chi connectivity index (χ2n) is 18.2. The summed E-state index contributed by atoms with van der Waals surface area (Å²) in [5.74, 6) is 0.204. The summed E-state index contributed by atoms with van der Waals surface area (Å²) in [6.07, 6.45) is 2.11. The molecule has 1 N–H and O–H groups in total. The van der Waals surface area contributed by atoms with Crippen LogP contribution in [0.25, 0.3) is 72.9 Å². The van der Waals surface area contributed by atoms with Crippen molar-refractivity contribution in [3.8, 4) is 73.0 Å². The molecule has 0 spiro atoms. The molecule has 0 radical (unpaired) electrons. The van der Waals surface area contributed by atoms with E-state index in [0.29, 0.717) is 5.56 Å². The summed E-state index contributed by atoms with van der Waals surface area (Å²) >= 11 is 0. The molecule has 3 heterocycles. The Hall–Kier alpha value is -6.26. The number of benzene rings is 5. The highest BCUT2D eigenvalue weighted by atomic mass is 16.3. The summed E-state index contributed by atoms with van der Waals surface area (Å²) in [7, 11) is 0. The first-order valence-electron chi connectivity index (χ1n) is 20.0. The molecule has 5 aromatic carbocycles. The number of aromatic hydroxyl groups is 1. The molecule has 0 saturated heterocycles. The number of pyridine rings is 2. The minimum Gasteiger partial charge on any atom is -0.507 e. The van der Waals surface area contributed by atoms with E-state index in [9.17, 15) is 5.11 Å². The van der Waals surface area contributed by atoms with E-state index < -0.39 is 0 Å². The van der Waals surface area contributed by atoms with E-state index in [4.69, 9.17) is 9.97 Å². The van der Waals surface area contributed by atoms with Gasteiger partial charge in [0.05, 0.1) is 22.8 Å². The van der Waals surface area contributed by atoms with Crippen molar-refractivity contribution < 1.29 is 5.11 Å². The zero-order valence-electron chi connectivity index (χ0n) is 34.1. The average molecular weight is 744 g/mol. The molecule has 1 aliphatic carbocycles. The highest BCUT2D eigenvalue weighted by Crippen LogP contribution is 2.50. The third-order valence-corrected chi connectivity index (χ3v) is 11.8. The largest absolute Gasteiger partial charge is 0.507 e. The lowest BCUT2D eigenvalue weighted by molar-refractivity contribution is 0.477. The van der Waals surface area contributed by atoms with E-state index in [1.165, 1.54) is 33.4 Å². The Balaban J connectivity index is 1.22. The number of para-hydroxylation sites is 1. The van der Waals surface area contributed by atoms with Gasteiger partial charge in [-0.05, 0) is 104 Å². The van der Waals surface area contributed by atoms with Gasteiger partial charge in [0.1, 0.15) is 11.4 Å².